The Labute approximate surface area is 229 Å². The minimum atomic E-state index is -0.640. The van der Waals surface area contributed by atoms with Crippen molar-refractivity contribution in [3.05, 3.63) is 132 Å². The van der Waals surface area contributed by atoms with Gasteiger partial charge in [-0.1, -0.05) is 134 Å². The zero-order chi connectivity index (χ0) is 26.0. The van der Waals surface area contributed by atoms with Gasteiger partial charge in [-0.15, -0.1) is 0 Å². The van der Waals surface area contributed by atoms with Crippen LogP contribution in [0.15, 0.2) is 121 Å². The zero-order valence-corrected chi connectivity index (χ0v) is 23.0. The summed E-state index contributed by atoms with van der Waals surface area (Å²) in [7, 11) is -0.640. The van der Waals surface area contributed by atoms with E-state index in [1.807, 2.05) is 0 Å². The predicted octanol–water partition coefficient (Wildman–Crippen LogP) is 6.70. The topological polar surface area (TPSA) is 52.0 Å². The first-order valence-corrected chi connectivity index (χ1v) is 15.6. The molecule has 0 aliphatic heterocycles. The first-order valence-electron chi connectivity index (χ1n) is 14.2. The molecule has 6 rings (SSSR count). The lowest BCUT2D eigenvalue weighted by molar-refractivity contribution is 0.159. The summed E-state index contributed by atoms with van der Waals surface area (Å²) in [5.41, 5.74) is 17.8. The van der Waals surface area contributed by atoms with Gasteiger partial charge < -0.3 is 11.5 Å². The third-order valence-corrected chi connectivity index (χ3v) is 12.4. The fraction of sp³-hybridized carbons (Fsp3) is 0.314. The highest BCUT2D eigenvalue weighted by atomic mass is 31.1. The van der Waals surface area contributed by atoms with Crippen molar-refractivity contribution in [2.45, 2.75) is 61.2 Å². The molecule has 0 spiro atoms. The summed E-state index contributed by atoms with van der Waals surface area (Å²) in [5.74, 6) is 0.535. The molecule has 0 aromatic heterocycles. The van der Waals surface area contributed by atoms with Gasteiger partial charge in [0.05, 0.1) is 0 Å². The molecule has 2 aliphatic rings. The Hall–Kier alpha value is -2.77. The summed E-state index contributed by atoms with van der Waals surface area (Å²) in [6, 6.07) is 44.2. The third-order valence-electron chi connectivity index (χ3n) is 9.40. The monoisotopic (exact) mass is 518 g/mol. The van der Waals surface area contributed by atoms with Gasteiger partial charge in [-0.2, -0.15) is 0 Å². The lowest BCUT2D eigenvalue weighted by atomic mass is 9.63. The van der Waals surface area contributed by atoms with E-state index in [0.717, 1.165) is 38.5 Å². The van der Waals surface area contributed by atoms with Crippen LogP contribution < -0.4 is 22.1 Å². The van der Waals surface area contributed by atoms with Gasteiger partial charge in [-0.3, -0.25) is 0 Å². The van der Waals surface area contributed by atoms with Gasteiger partial charge in [-0.05, 0) is 61.3 Å². The van der Waals surface area contributed by atoms with Gasteiger partial charge in [-0.25, -0.2) is 0 Å². The molecule has 0 amide bonds. The van der Waals surface area contributed by atoms with E-state index in [2.05, 4.69) is 121 Å². The summed E-state index contributed by atoms with van der Waals surface area (Å²) in [5, 5.41) is 2.83. The van der Waals surface area contributed by atoms with Crippen LogP contribution in [0.25, 0.3) is 0 Å². The Balaban J connectivity index is 1.46. The van der Waals surface area contributed by atoms with Crippen LogP contribution >= 0.6 is 7.92 Å². The number of nitrogens with two attached hydrogens (primary N) is 2. The van der Waals surface area contributed by atoms with Crippen LogP contribution in [0.2, 0.25) is 0 Å². The zero-order valence-electron chi connectivity index (χ0n) is 22.1. The van der Waals surface area contributed by atoms with Crippen molar-refractivity contribution in [2.24, 2.45) is 17.4 Å². The molecule has 2 fully saturated rings. The van der Waals surface area contributed by atoms with Crippen LogP contribution in [-0.4, -0.2) is 16.7 Å². The normalized spacial score (nSPS) is 27.3. The van der Waals surface area contributed by atoms with E-state index in [1.165, 1.54) is 21.7 Å². The molecule has 38 heavy (non-hydrogen) atoms. The van der Waals surface area contributed by atoms with Gasteiger partial charge in [0.1, 0.15) is 0 Å². The molecule has 4 aromatic carbocycles. The fourth-order valence-corrected chi connectivity index (χ4v) is 11.0. The second-order valence-corrected chi connectivity index (χ2v) is 13.7. The van der Waals surface area contributed by atoms with Crippen molar-refractivity contribution in [3.63, 3.8) is 0 Å². The van der Waals surface area contributed by atoms with E-state index < -0.39 is 19.0 Å². The van der Waals surface area contributed by atoms with E-state index in [4.69, 9.17) is 11.5 Å². The maximum absolute atomic E-state index is 7.79. The Morgan fingerprint density at radius 3 is 1.47 bits per heavy atom. The minimum absolute atomic E-state index is 0.242. The molecular weight excluding hydrogens is 479 g/mol. The van der Waals surface area contributed by atoms with Crippen LogP contribution in [0.4, 0.5) is 0 Å². The van der Waals surface area contributed by atoms with E-state index in [0.29, 0.717) is 11.6 Å². The predicted molar refractivity (Wildman–Crippen MR) is 163 cm³/mol. The van der Waals surface area contributed by atoms with Crippen molar-refractivity contribution >= 4 is 18.5 Å². The summed E-state index contributed by atoms with van der Waals surface area (Å²) in [4.78, 5) is 0. The molecule has 2 aliphatic carbocycles. The van der Waals surface area contributed by atoms with Gasteiger partial charge in [0.25, 0.3) is 0 Å². The smallest absolute Gasteiger partial charge is 0.0414 e. The highest BCUT2D eigenvalue weighted by Gasteiger charge is 2.61. The summed E-state index contributed by atoms with van der Waals surface area (Å²) in [6.07, 6.45) is 6.53. The van der Waals surface area contributed by atoms with E-state index in [9.17, 15) is 0 Å². The van der Waals surface area contributed by atoms with E-state index in [1.54, 1.807) is 0 Å². The van der Waals surface area contributed by atoms with Crippen molar-refractivity contribution in [3.8, 4) is 0 Å². The lowest BCUT2D eigenvalue weighted by Crippen LogP contribution is -2.71. The van der Waals surface area contributed by atoms with Gasteiger partial charge in [0.2, 0.25) is 0 Å². The average molecular weight is 519 g/mol. The Bertz CT molecular complexity index is 1130. The van der Waals surface area contributed by atoms with Crippen LogP contribution in [0.5, 0.6) is 0 Å². The maximum atomic E-state index is 7.79. The number of rotatable bonds is 7. The molecule has 0 unspecified atom stereocenters. The van der Waals surface area contributed by atoms with Crippen LogP contribution in [0.1, 0.15) is 55.6 Å². The van der Waals surface area contributed by atoms with Crippen molar-refractivity contribution in [2.75, 3.05) is 0 Å². The minimum Gasteiger partial charge on any atom is -0.323 e. The molecule has 0 radical (unpaired) electrons. The number of hydrogen-bond acceptors (Lipinski definition) is 2. The molecule has 4 atom stereocenters. The number of hydrogen-bond donors (Lipinski definition) is 2. The van der Waals surface area contributed by atoms with Crippen LogP contribution in [0.3, 0.4) is 0 Å². The van der Waals surface area contributed by atoms with Gasteiger partial charge in [0.15, 0.2) is 0 Å². The Morgan fingerprint density at radius 1 is 0.553 bits per heavy atom. The third kappa shape index (κ3) is 4.43. The Kier molecular flexibility index (Phi) is 7.23. The van der Waals surface area contributed by atoms with Crippen LogP contribution in [-0.2, 0) is 0 Å². The Morgan fingerprint density at radius 2 is 0.974 bits per heavy atom. The van der Waals surface area contributed by atoms with Gasteiger partial charge in [0, 0.05) is 22.7 Å². The highest BCUT2D eigenvalue weighted by molar-refractivity contribution is 7.73. The molecule has 2 saturated carbocycles. The summed E-state index contributed by atoms with van der Waals surface area (Å²) < 4.78 is 0. The van der Waals surface area contributed by atoms with E-state index in [-0.39, 0.29) is 5.92 Å². The second-order valence-electron chi connectivity index (χ2n) is 11.3. The largest absolute Gasteiger partial charge is 0.323 e. The molecule has 194 valence electrons. The van der Waals surface area contributed by atoms with Crippen molar-refractivity contribution in [1.82, 2.24) is 0 Å². The fourth-order valence-electron chi connectivity index (χ4n) is 7.68. The van der Waals surface area contributed by atoms with Crippen molar-refractivity contribution in [1.29, 1.82) is 0 Å². The summed E-state index contributed by atoms with van der Waals surface area (Å²) in [6.45, 7) is 0. The number of benzene rings is 4. The standard InChI is InChI=1S/C35H39N2P/c36-34(25-13-23-31(34)33(27-15-5-1-6-16-27)28-17-7-2-8-18-28)35(37)26-14-24-32(35)38(29-19-9-3-10-20-29)30-21-11-4-12-22-30/h1-12,15-22,31-33H,13-14,23-26,36-37H2/t31-,32+,34+,35+/m0/s1. The second kappa shape index (κ2) is 10.8. The highest BCUT2D eigenvalue weighted by Crippen LogP contribution is 2.59. The van der Waals surface area contributed by atoms with Crippen molar-refractivity contribution < 1.29 is 0 Å². The first-order chi connectivity index (χ1) is 18.6. The van der Waals surface area contributed by atoms with Gasteiger partial charge >= 0.3 is 0 Å². The summed E-state index contributed by atoms with van der Waals surface area (Å²) >= 11 is 0. The molecular formula is C35H39N2P. The van der Waals surface area contributed by atoms with E-state index >= 15 is 0 Å². The lowest BCUT2D eigenvalue weighted by Gasteiger charge is -2.52. The quantitative estimate of drug-likeness (QED) is 0.268. The molecule has 4 aromatic rings. The molecule has 0 bridgehead atoms. The maximum Gasteiger partial charge on any atom is 0.0414 e. The SMILES string of the molecule is N[C@]1([C@@]2(N)CCC[C@H]2P(c2ccccc2)c2ccccc2)CCC[C@H]1C(c1ccccc1)c1ccccc1. The molecule has 0 saturated heterocycles. The average Bonchev–Trinajstić information content (AvgIpc) is 3.56. The molecule has 0 heterocycles. The molecule has 3 heteroatoms. The molecule has 4 N–H and O–H groups in total. The first kappa shape index (κ1) is 25.5. The molecule has 2 nitrogen and oxygen atoms in total. The van der Waals surface area contributed by atoms with Crippen LogP contribution in [0, 0.1) is 5.92 Å².